The van der Waals surface area contributed by atoms with E-state index in [1.807, 2.05) is 0 Å². The van der Waals surface area contributed by atoms with Gasteiger partial charge < -0.3 is 15.8 Å². The van der Waals surface area contributed by atoms with Gasteiger partial charge >= 0.3 is 5.97 Å². The van der Waals surface area contributed by atoms with Gasteiger partial charge in [-0.1, -0.05) is 12.8 Å². The topological polar surface area (TPSA) is 81.4 Å². The van der Waals surface area contributed by atoms with Gasteiger partial charge in [-0.05, 0) is 19.8 Å². The fraction of sp³-hybridized carbons (Fsp3) is 0.800. The summed E-state index contributed by atoms with van der Waals surface area (Å²) >= 11 is 0. The number of esters is 1. The molecule has 0 bridgehead atoms. The first-order chi connectivity index (χ1) is 7.15. The van der Waals surface area contributed by atoms with Crippen molar-refractivity contribution in [3.05, 3.63) is 0 Å². The van der Waals surface area contributed by atoms with Gasteiger partial charge in [0, 0.05) is 5.92 Å². The Hall–Kier alpha value is -1.10. The smallest absolute Gasteiger partial charge is 0.343 e. The molecule has 1 aliphatic rings. The zero-order valence-electron chi connectivity index (χ0n) is 8.99. The lowest BCUT2D eigenvalue weighted by molar-refractivity contribution is -0.147. The first kappa shape index (κ1) is 12.0. The van der Waals surface area contributed by atoms with Gasteiger partial charge in [-0.25, -0.2) is 4.79 Å². The van der Waals surface area contributed by atoms with E-state index in [1.54, 1.807) is 6.92 Å². The van der Waals surface area contributed by atoms with Crippen LogP contribution in [0.1, 0.15) is 32.6 Å². The van der Waals surface area contributed by atoms with E-state index < -0.39 is 12.1 Å². The Balaban J connectivity index is 2.33. The third-order valence-electron chi connectivity index (χ3n) is 2.56. The summed E-state index contributed by atoms with van der Waals surface area (Å²) < 4.78 is 4.69. The van der Waals surface area contributed by atoms with Crippen molar-refractivity contribution in [2.24, 2.45) is 11.7 Å². The monoisotopic (exact) mass is 214 g/mol. The maximum absolute atomic E-state index is 11.6. The normalized spacial score (nSPS) is 18.5. The lowest BCUT2D eigenvalue weighted by Crippen LogP contribution is -2.49. The third-order valence-corrected chi connectivity index (χ3v) is 2.56. The van der Waals surface area contributed by atoms with E-state index in [1.165, 1.54) is 0 Å². The molecule has 3 N–H and O–H groups in total. The average molecular weight is 214 g/mol. The second-order valence-electron chi connectivity index (χ2n) is 3.72. The molecular formula is C10H18N2O3. The molecule has 5 nitrogen and oxygen atoms in total. The number of ether oxygens (including phenoxy) is 1. The summed E-state index contributed by atoms with van der Waals surface area (Å²) in [4.78, 5) is 22.7. The van der Waals surface area contributed by atoms with E-state index in [2.05, 4.69) is 10.1 Å². The standard InChI is InChI=1S/C10H18N2O3/c1-2-15-10(14)8(11)12-9(13)7-5-3-4-6-7/h7-8H,2-6,11H2,1H3,(H,12,13). The number of carbonyl (C=O) groups is 2. The fourth-order valence-electron chi connectivity index (χ4n) is 1.75. The summed E-state index contributed by atoms with van der Waals surface area (Å²) in [6.07, 6.45) is 2.90. The molecule has 1 amide bonds. The van der Waals surface area contributed by atoms with Crippen LogP contribution in [-0.2, 0) is 14.3 Å². The molecule has 0 aromatic rings. The van der Waals surface area contributed by atoms with Crippen molar-refractivity contribution in [2.45, 2.75) is 38.8 Å². The molecule has 0 aliphatic heterocycles. The van der Waals surface area contributed by atoms with Crippen molar-refractivity contribution < 1.29 is 14.3 Å². The highest BCUT2D eigenvalue weighted by Gasteiger charge is 2.25. The van der Waals surface area contributed by atoms with Gasteiger partial charge in [0.05, 0.1) is 6.61 Å². The zero-order chi connectivity index (χ0) is 11.3. The Kier molecular flexibility index (Phi) is 4.55. The van der Waals surface area contributed by atoms with Crippen LogP contribution in [0.2, 0.25) is 0 Å². The van der Waals surface area contributed by atoms with Crippen LogP contribution in [0.4, 0.5) is 0 Å². The molecular weight excluding hydrogens is 196 g/mol. The Morgan fingerprint density at radius 1 is 1.47 bits per heavy atom. The quantitative estimate of drug-likeness (QED) is 0.515. The van der Waals surface area contributed by atoms with Crippen molar-refractivity contribution in [1.82, 2.24) is 5.32 Å². The molecule has 0 radical (unpaired) electrons. The summed E-state index contributed by atoms with van der Waals surface area (Å²) in [6, 6.07) is 0. The van der Waals surface area contributed by atoms with Gasteiger partial charge in [-0.15, -0.1) is 0 Å². The second-order valence-corrected chi connectivity index (χ2v) is 3.72. The number of hydrogen-bond donors (Lipinski definition) is 2. The maximum Gasteiger partial charge on any atom is 0.343 e. The molecule has 0 heterocycles. The average Bonchev–Trinajstić information content (AvgIpc) is 2.70. The molecule has 15 heavy (non-hydrogen) atoms. The summed E-state index contributed by atoms with van der Waals surface area (Å²) in [7, 11) is 0. The molecule has 1 atom stereocenters. The fourth-order valence-corrected chi connectivity index (χ4v) is 1.75. The maximum atomic E-state index is 11.6. The Morgan fingerprint density at radius 2 is 2.07 bits per heavy atom. The predicted octanol–water partition coefficient (Wildman–Crippen LogP) is 0.141. The number of carbonyl (C=O) groups excluding carboxylic acids is 2. The molecule has 1 fully saturated rings. The van der Waals surface area contributed by atoms with Crippen LogP contribution in [0.15, 0.2) is 0 Å². The van der Waals surface area contributed by atoms with Gasteiger partial charge in [0.1, 0.15) is 0 Å². The molecule has 1 aliphatic carbocycles. The number of amides is 1. The summed E-state index contributed by atoms with van der Waals surface area (Å²) in [6.45, 7) is 1.97. The van der Waals surface area contributed by atoms with E-state index in [0.29, 0.717) is 0 Å². The zero-order valence-corrected chi connectivity index (χ0v) is 8.99. The predicted molar refractivity (Wildman–Crippen MR) is 54.7 cm³/mol. The highest BCUT2D eigenvalue weighted by atomic mass is 16.5. The molecule has 0 aromatic heterocycles. The van der Waals surface area contributed by atoms with Crippen molar-refractivity contribution in [2.75, 3.05) is 6.61 Å². The number of nitrogens with two attached hydrogens (primary N) is 1. The molecule has 1 saturated carbocycles. The van der Waals surface area contributed by atoms with Crippen LogP contribution < -0.4 is 11.1 Å². The van der Waals surface area contributed by atoms with Crippen LogP contribution in [0.25, 0.3) is 0 Å². The highest BCUT2D eigenvalue weighted by molar-refractivity contribution is 5.85. The minimum absolute atomic E-state index is 0.0190. The lowest BCUT2D eigenvalue weighted by atomic mass is 10.1. The van der Waals surface area contributed by atoms with E-state index in [0.717, 1.165) is 25.7 Å². The number of nitrogens with one attached hydrogen (secondary N) is 1. The van der Waals surface area contributed by atoms with Crippen molar-refractivity contribution in [3.63, 3.8) is 0 Å². The summed E-state index contributed by atoms with van der Waals surface area (Å²) in [5, 5.41) is 2.47. The SMILES string of the molecule is CCOC(=O)C(N)NC(=O)C1CCCC1. The van der Waals surface area contributed by atoms with Crippen LogP contribution in [-0.4, -0.2) is 24.6 Å². The van der Waals surface area contributed by atoms with E-state index >= 15 is 0 Å². The van der Waals surface area contributed by atoms with Gasteiger partial charge in [-0.3, -0.25) is 4.79 Å². The third kappa shape index (κ3) is 3.51. The second kappa shape index (κ2) is 5.70. The first-order valence-electron chi connectivity index (χ1n) is 5.37. The molecule has 0 aromatic carbocycles. The minimum Gasteiger partial charge on any atom is -0.463 e. The van der Waals surface area contributed by atoms with Crippen LogP contribution in [0, 0.1) is 5.92 Å². The number of hydrogen-bond acceptors (Lipinski definition) is 4. The Bertz CT molecular complexity index is 237. The van der Waals surface area contributed by atoms with Crippen LogP contribution >= 0.6 is 0 Å². The summed E-state index contributed by atoms with van der Waals surface area (Å²) in [5.41, 5.74) is 5.47. The van der Waals surface area contributed by atoms with E-state index in [-0.39, 0.29) is 18.4 Å². The van der Waals surface area contributed by atoms with Gasteiger partial charge in [0.2, 0.25) is 5.91 Å². The Morgan fingerprint density at radius 3 is 2.60 bits per heavy atom. The van der Waals surface area contributed by atoms with E-state index in [4.69, 9.17) is 5.73 Å². The first-order valence-corrected chi connectivity index (χ1v) is 5.37. The molecule has 86 valence electrons. The van der Waals surface area contributed by atoms with Gasteiger partial charge in [0.25, 0.3) is 0 Å². The van der Waals surface area contributed by atoms with Crippen molar-refractivity contribution in [3.8, 4) is 0 Å². The van der Waals surface area contributed by atoms with Crippen molar-refractivity contribution in [1.29, 1.82) is 0 Å². The van der Waals surface area contributed by atoms with E-state index in [9.17, 15) is 9.59 Å². The molecule has 0 saturated heterocycles. The molecule has 1 rings (SSSR count). The largest absolute Gasteiger partial charge is 0.463 e. The number of rotatable bonds is 4. The van der Waals surface area contributed by atoms with Crippen molar-refractivity contribution >= 4 is 11.9 Å². The molecule has 5 heteroatoms. The summed E-state index contributed by atoms with van der Waals surface area (Å²) in [5.74, 6) is -0.692. The minimum atomic E-state index is -1.03. The van der Waals surface area contributed by atoms with Gasteiger partial charge in [0.15, 0.2) is 6.17 Å². The van der Waals surface area contributed by atoms with Crippen LogP contribution in [0.3, 0.4) is 0 Å². The lowest BCUT2D eigenvalue weighted by Gasteiger charge is -2.15. The van der Waals surface area contributed by atoms with Gasteiger partial charge in [-0.2, -0.15) is 0 Å². The Labute approximate surface area is 89.3 Å². The molecule has 0 spiro atoms. The highest BCUT2D eigenvalue weighted by Crippen LogP contribution is 2.24. The van der Waals surface area contributed by atoms with Crippen LogP contribution in [0.5, 0.6) is 0 Å². The molecule has 1 unspecified atom stereocenters.